The van der Waals surface area contributed by atoms with Crippen LogP contribution in [0, 0.1) is 5.92 Å². The molecule has 0 saturated heterocycles. The highest BCUT2D eigenvalue weighted by molar-refractivity contribution is 5.79. The lowest BCUT2D eigenvalue weighted by Gasteiger charge is -2.19. The molecule has 0 fully saturated rings. The summed E-state index contributed by atoms with van der Waals surface area (Å²) in [5.41, 5.74) is 0.835. The largest absolute Gasteiger partial charge is 0.387 e. The van der Waals surface area contributed by atoms with Gasteiger partial charge in [0.05, 0.1) is 6.10 Å². The van der Waals surface area contributed by atoms with E-state index >= 15 is 0 Å². The third-order valence-corrected chi connectivity index (χ3v) is 3.29. The molecule has 2 atom stereocenters. The summed E-state index contributed by atoms with van der Waals surface area (Å²) >= 11 is 0. The highest BCUT2D eigenvalue weighted by Gasteiger charge is 2.19. The maximum Gasteiger partial charge on any atom is 0.223 e. The van der Waals surface area contributed by atoms with Crippen molar-refractivity contribution >= 4 is 5.91 Å². The third kappa shape index (κ3) is 3.44. The van der Waals surface area contributed by atoms with Crippen LogP contribution in [0.15, 0.2) is 42.5 Å². The zero-order valence-electron chi connectivity index (χ0n) is 10.4. The molecule has 0 unspecified atom stereocenters. The Morgan fingerprint density at radius 2 is 2.11 bits per heavy atom. The monoisotopic (exact) mass is 245 g/mol. The molecule has 1 aliphatic carbocycles. The van der Waals surface area contributed by atoms with E-state index in [9.17, 15) is 9.90 Å². The average Bonchev–Trinajstić information content (AvgIpc) is 2.46. The summed E-state index contributed by atoms with van der Waals surface area (Å²) in [4.78, 5) is 11.9. The van der Waals surface area contributed by atoms with E-state index in [1.807, 2.05) is 30.3 Å². The first-order valence-corrected chi connectivity index (χ1v) is 6.43. The fourth-order valence-corrected chi connectivity index (χ4v) is 2.17. The number of nitrogens with one attached hydrogen (secondary N) is 1. The molecule has 1 aromatic rings. The second kappa shape index (κ2) is 6.36. The van der Waals surface area contributed by atoms with E-state index in [1.165, 1.54) is 0 Å². The van der Waals surface area contributed by atoms with Gasteiger partial charge in [-0.1, -0.05) is 42.5 Å². The van der Waals surface area contributed by atoms with Crippen LogP contribution in [0.5, 0.6) is 0 Å². The number of amides is 1. The van der Waals surface area contributed by atoms with Gasteiger partial charge in [0, 0.05) is 12.5 Å². The average molecular weight is 245 g/mol. The van der Waals surface area contributed by atoms with Crippen LogP contribution in [-0.4, -0.2) is 17.6 Å². The van der Waals surface area contributed by atoms with Crippen LogP contribution in [0.3, 0.4) is 0 Å². The Kier molecular flexibility index (Phi) is 4.53. The molecule has 0 aliphatic heterocycles. The molecule has 96 valence electrons. The van der Waals surface area contributed by atoms with Gasteiger partial charge < -0.3 is 10.4 Å². The van der Waals surface area contributed by atoms with Crippen LogP contribution in [-0.2, 0) is 4.79 Å². The van der Waals surface area contributed by atoms with Gasteiger partial charge in [-0.25, -0.2) is 0 Å². The van der Waals surface area contributed by atoms with Crippen LogP contribution >= 0.6 is 0 Å². The molecule has 0 bridgehead atoms. The van der Waals surface area contributed by atoms with E-state index in [1.54, 1.807) is 0 Å². The van der Waals surface area contributed by atoms with Crippen LogP contribution in [0.2, 0.25) is 0 Å². The van der Waals surface area contributed by atoms with Crippen LogP contribution in [0.4, 0.5) is 0 Å². The normalized spacial score (nSPS) is 20.4. The van der Waals surface area contributed by atoms with Crippen molar-refractivity contribution in [1.29, 1.82) is 0 Å². The zero-order chi connectivity index (χ0) is 12.8. The quantitative estimate of drug-likeness (QED) is 0.799. The van der Waals surface area contributed by atoms with Gasteiger partial charge in [0.25, 0.3) is 0 Å². The summed E-state index contributed by atoms with van der Waals surface area (Å²) in [7, 11) is 0. The summed E-state index contributed by atoms with van der Waals surface area (Å²) in [5, 5.41) is 12.8. The fourth-order valence-electron chi connectivity index (χ4n) is 2.17. The minimum absolute atomic E-state index is 0.0503. The topological polar surface area (TPSA) is 49.3 Å². The lowest BCUT2D eigenvalue weighted by molar-refractivity contribution is -0.125. The molecule has 0 aromatic heterocycles. The van der Waals surface area contributed by atoms with Gasteiger partial charge in [0.1, 0.15) is 0 Å². The molecule has 0 spiro atoms. The molecule has 2 N–H and O–H groups in total. The predicted molar refractivity (Wildman–Crippen MR) is 70.9 cm³/mol. The molecular formula is C15H19NO2. The first-order valence-electron chi connectivity index (χ1n) is 6.43. The molecular weight excluding hydrogens is 226 g/mol. The summed E-state index contributed by atoms with van der Waals surface area (Å²) in [5.74, 6) is 0.118. The standard InChI is InChI=1S/C15H19NO2/c17-14(12-7-3-1-4-8-12)11-16-15(18)13-9-5-2-6-10-13/h1-5,7-8,13-14,17H,6,9-11H2,(H,16,18)/t13-,14-/m1/s1. The van der Waals surface area contributed by atoms with Crippen LogP contribution < -0.4 is 5.32 Å². The second-order valence-electron chi connectivity index (χ2n) is 4.65. The van der Waals surface area contributed by atoms with Crippen molar-refractivity contribution in [3.8, 4) is 0 Å². The van der Waals surface area contributed by atoms with E-state index in [2.05, 4.69) is 17.5 Å². The van der Waals surface area contributed by atoms with Crippen molar-refractivity contribution in [2.75, 3.05) is 6.54 Å². The van der Waals surface area contributed by atoms with Gasteiger partial charge >= 0.3 is 0 Å². The lowest BCUT2D eigenvalue weighted by Crippen LogP contribution is -2.34. The van der Waals surface area contributed by atoms with Crippen molar-refractivity contribution in [3.05, 3.63) is 48.0 Å². The number of rotatable bonds is 4. The van der Waals surface area contributed by atoms with Crippen molar-refractivity contribution < 1.29 is 9.90 Å². The van der Waals surface area contributed by atoms with Gasteiger partial charge in [-0.05, 0) is 24.8 Å². The molecule has 0 saturated carbocycles. The van der Waals surface area contributed by atoms with Gasteiger partial charge in [-0.15, -0.1) is 0 Å². The minimum Gasteiger partial charge on any atom is -0.387 e. The van der Waals surface area contributed by atoms with E-state index in [0.717, 1.165) is 24.8 Å². The summed E-state index contributed by atoms with van der Waals surface area (Å²) in [6.07, 6.45) is 6.23. The SMILES string of the molecule is O=C(NC[C@@H](O)c1ccccc1)[C@@H]1CC=CCC1. The highest BCUT2D eigenvalue weighted by atomic mass is 16.3. The zero-order valence-corrected chi connectivity index (χ0v) is 10.4. The van der Waals surface area contributed by atoms with Crippen LogP contribution in [0.25, 0.3) is 0 Å². The molecule has 0 heterocycles. The number of aliphatic hydroxyl groups excluding tert-OH is 1. The first-order chi connectivity index (χ1) is 8.77. The molecule has 0 radical (unpaired) electrons. The number of allylic oxidation sites excluding steroid dienone is 2. The fraction of sp³-hybridized carbons (Fsp3) is 0.400. The maximum atomic E-state index is 11.9. The molecule has 3 nitrogen and oxygen atoms in total. The van der Waals surface area contributed by atoms with Crippen molar-refractivity contribution in [1.82, 2.24) is 5.32 Å². The van der Waals surface area contributed by atoms with Gasteiger partial charge in [-0.3, -0.25) is 4.79 Å². The smallest absolute Gasteiger partial charge is 0.223 e. The van der Waals surface area contributed by atoms with Crippen molar-refractivity contribution in [2.45, 2.75) is 25.4 Å². The Morgan fingerprint density at radius 1 is 1.33 bits per heavy atom. The molecule has 3 heteroatoms. The Hall–Kier alpha value is -1.61. The van der Waals surface area contributed by atoms with Gasteiger partial charge in [-0.2, -0.15) is 0 Å². The Morgan fingerprint density at radius 3 is 2.78 bits per heavy atom. The van der Waals surface area contributed by atoms with Gasteiger partial charge in [0.15, 0.2) is 0 Å². The Balaban J connectivity index is 1.80. The number of hydrogen-bond donors (Lipinski definition) is 2. The summed E-state index contributed by atoms with van der Waals surface area (Å²) in [6.45, 7) is 0.281. The minimum atomic E-state index is -0.630. The molecule has 1 amide bonds. The maximum absolute atomic E-state index is 11.9. The third-order valence-electron chi connectivity index (χ3n) is 3.29. The molecule has 1 aromatic carbocycles. The molecule has 2 rings (SSSR count). The van der Waals surface area contributed by atoms with E-state index in [0.29, 0.717) is 0 Å². The lowest BCUT2D eigenvalue weighted by atomic mass is 9.93. The molecule has 18 heavy (non-hydrogen) atoms. The second-order valence-corrected chi connectivity index (χ2v) is 4.65. The number of aliphatic hydroxyl groups is 1. The Labute approximate surface area is 108 Å². The highest BCUT2D eigenvalue weighted by Crippen LogP contribution is 2.18. The Bertz CT molecular complexity index is 414. The van der Waals surface area contributed by atoms with Crippen molar-refractivity contribution in [2.24, 2.45) is 5.92 Å². The number of benzene rings is 1. The number of carbonyl (C=O) groups excluding carboxylic acids is 1. The summed E-state index contributed by atoms with van der Waals surface area (Å²) < 4.78 is 0. The summed E-state index contributed by atoms with van der Waals surface area (Å²) in [6, 6.07) is 9.39. The van der Waals surface area contributed by atoms with Crippen molar-refractivity contribution in [3.63, 3.8) is 0 Å². The first kappa shape index (κ1) is 12.8. The van der Waals surface area contributed by atoms with E-state index in [-0.39, 0.29) is 18.4 Å². The van der Waals surface area contributed by atoms with E-state index < -0.39 is 6.10 Å². The van der Waals surface area contributed by atoms with Crippen LogP contribution in [0.1, 0.15) is 30.9 Å². The van der Waals surface area contributed by atoms with E-state index in [4.69, 9.17) is 0 Å². The van der Waals surface area contributed by atoms with Gasteiger partial charge in [0.2, 0.25) is 5.91 Å². The predicted octanol–water partition coefficient (Wildman–Crippen LogP) is 2.19. The number of hydrogen-bond acceptors (Lipinski definition) is 2. The molecule has 1 aliphatic rings. The number of carbonyl (C=O) groups is 1.